The molecule has 0 aromatic heterocycles. The molecule has 2 aliphatic carbocycles. The summed E-state index contributed by atoms with van der Waals surface area (Å²) in [7, 11) is 0. The van der Waals surface area contributed by atoms with Gasteiger partial charge in [-0.25, -0.2) is 10.0 Å². The van der Waals surface area contributed by atoms with E-state index in [0.717, 1.165) is 19.3 Å². The lowest BCUT2D eigenvalue weighted by Crippen LogP contribution is -2.49. The van der Waals surface area contributed by atoms with E-state index < -0.39 is 11.5 Å². The van der Waals surface area contributed by atoms with E-state index in [2.05, 4.69) is 20.4 Å². The Bertz CT molecular complexity index is 847. The van der Waals surface area contributed by atoms with Crippen molar-refractivity contribution in [2.75, 3.05) is 5.01 Å². The van der Waals surface area contributed by atoms with Crippen LogP contribution in [0.1, 0.15) is 53.4 Å². The molecule has 1 heterocycles. The fourth-order valence-corrected chi connectivity index (χ4v) is 6.11. The number of hydrogen-bond donors (Lipinski definition) is 1. The number of aliphatic hydroxyl groups excluding tert-OH is 1. The van der Waals surface area contributed by atoms with Gasteiger partial charge in [0.2, 0.25) is 0 Å². The van der Waals surface area contributed by atoms with Crippen LogP contribution < -0.4 is 5.01 Å². The summed E-state index contributed by atoms with van der Waals surface area (Å²) in [6.07, 6.45) is 2.22. The molecule has 1 N–H and O–H groups in total. The normalized spacial score (nSPS) is 30.8. The Morgan fingerprint density at radius 2 is 1.93 bits per heavy atom. The van der Waals surface area contributed by atoms with Crippen LogP contribution in [0.5, 0.6) is 0 Å². The van der Waals surface area contributed by atoms with Crippen LogP contribution >= 0.6 is 0 Å². The molecule has 0 radical (unpaired) electrons. The van der Waals surface area contributed by atoms with Crippen LogP contribution in [0, 0.1) is 22.7 Å². The Kier molecular flexibility index (Phi) is 4.65. The molecule has 5 heteroatoms. The fourth-order valence-electron chi connectivity index (χ4n) is 6.11. The van der Waals surface area contributed by atoms with Crippen molar-refractivity contribution in [2.45, 2.75) is 65.5 Å². The van der Waals surface area contributed by atoms with E-state index in [-0.39, 0.29) is 34.8 Å². The van der Waals surface area contributed by atoms with Gasteiger partial charge in [0, 0.05) is 5.57 Å². The summed E-state index contributed by atoms with van der Waals surface area (Å²) in [5.41, 5.74) is 0.145. The molecule has 1 aliphatic heterocycles. The molecule has 29 heavy (non-hydrogen) atoms. The summed E-state index contributed by atoms with van der Waals surface area (Å²) >= 11 is 0. The highest BCUT2D eigenvalue weighted by atomic mass is 16.3. The number of carbonyl (C=O) groups is 2. The van der Waals surface area contributed by atoms with Gasteiger partial charge in [0.15, 0.2) is 0 Å². The summed E-state index contributed by atoms with van der Waals surface area (Å²) in [6, 6.07) is 9.20. The first kappa shape index (κ1) is 20.1. The third-order valence-electron chi connectivity index (χ3n) is 7.80. The first-order chi connectivity index (χ1) is 13.6. The number of para-hydroxylation sites is 1. The number of hydrogen-bond acceptors (Lipinski definition) is 3. The minimum atomic E-state index is -0.904. The Morgan fingerprint density at radius 3 is 2.52 bits per heavy atom. The maximum Gasteiger partial charge on any atom is 0.271 e. The SMILES string of the molecule is C=C(C(=O)N1[C@@H]2C[C@H]3CC[C@@]2(C(=O)N1c1ccccc1)C3(C)C)[C@H](O)CC(C)C. The molecule has 3 fully saturated rings. The molecule has 1 spiro atoms. The van der Waals surface area contributed by atoms with Gasteiger partial charge in [-0.15, -0.1) is 0 Å². The van der Waals surface area contributed by atoms with Crippen LogP contribution in [0.3, 0.4) is 0 Å². The van der Waals surface area contributed by atoms with Gasteiger partial charge >= 0.3 is 0 Å². The van der Waals surface area contributed by atoms with Crippen molar-refractivity contribution in [3.63, 3.8) is 0 Å². The molecule has 2 amide bonds. The first-order valence-corrected chi connectivity index (χ1v) is 10.7. The Balaban J connectivity index is 1.77. The lowest BCUT2D eigenvalue weighted by molar-refractivity contribution is -0.132. The van der Waals surface area contributed by atoms with E-state index in [1.165, 1.54) is 0 Å². The Labute approximate surface area is 173 Å². The standard InChI is InChI=1S/C24H32N2O3/c1-15(2)13-19(27)16(3)21(28)26-20-14-17-11-12-24(20,23(17,4)5)22(29)25(26)18-9-7-6-8-10-18/h6-10,15,17,19-20,27H,3,11-14H2,1-2,4-5H3/t17-,19-,20-,24-/m1/s1. The fraction of sp³-hybridized carbons (Fsp3) is 0.583. The lowest BCUT2D eigenvalue weighted by Gasteiger charge is -2.35. The van der Waals surface area contributed by atoms with Crippen molar-refractivity contribution in [3.8, 4) is 0 Å². The molecule has 5 nitrogen and oxygen atoms in total. The van der Waals surface area contributed by atoms with Crippen LogP contribution in [0.15, 0.2) is 42.5 Å². The van der Waals surface area contributed by atoms with Gasteiger partial charge in [-0.3, -0.25) is 9.59 Å². The molecular weight excluding hydrogens is 364 g/mol. The highest BCUT2D eigenvalue weighted by molar-refractivity contribution is 6.08. The van der Waals surface area contributed by atoms with Gasteiger partial charge in [0.25, 0.3) is 11.8 Å². The maximum atomic E-state index is 13.9. The zero-order valence-corrected chi connectivity index (χ0v) is 17.9. The summed E-state index contributed by atoms with van der Waals surface area (Å²) in [5.74, 6) is 0.352. The second-order valence-electron chi connectivity index (χ2n) is 9.95. The van der Waals surface area contributed by atoms with Gasteiger partial charge in [0.1, 0.15) is 0 Å². The van der Waals surface area contributed by atoms with Gasteiger partial charge in [-0.05, 0) is 55.1 Å². The summed E-state index contributed by atoms with van der Waals surface area (Å²) in [4.78, 5) is 27.5. The van der Waals surface area contributed by atoms with E-state index in [9.17, 15) is 14.7 Å². The summed E-state index contributed by atoms with van der Waals surface area (Å²) in [5, 5.41) is 13.8. The van der Waals surface area contributed by atoms with Crippen molar-refractivity contribution >= 4 is 17.5 Å². The quantitative estimate of drug-likeness (QED) is 0.767. The van der Waals surface area contributed by atoms with Crippen LogP contribution in [-0.4, -0.2) is 34.1 Å². The molecule has 4 atom stereocenters. The van der Waals surface area contributed by atoms with E-state index in [1.807, 2.05) is 44.2 Å². The monoisotopic (exact) mass is 396 g/mol. The van der Waals surface area contributed by atoms with Gasteiger partial charge < -0.3 is 5.11 Å². The van der Waals surface area contributed by atoms with Crippen molar-refractivity contribution in [3.05, 3.63) is 42.5 Å². The van der Waals surface area contributed by atoms with Crippen LogP contribution in [0.25, 0.3) is 0 Å². The van der Waals surface area contributed by atoms with Crippen LogP contribution in [0.2, 0.25) is 0 Å². The Morgan fingerprint density at radius 1 is 1.28 bits per heavy atom. The highest BCUT2D eigenvalue weighted by Gasteiger charge is 2.75. The molecule has 2 saturated carbocycles. The number of anilines is 1. The van der Waals surface area contributed by atoms with Crippen molar-refractivity contribution in [1.82, 2.24) is 5.01 Å². The van der Waals surface area contributed by atoms with E-state index in [0.29, 0.717) is 18.0 Å². The zero-order chi connectivity index (χ0) is 21.1. The molecular formula is C24H32N2O3. The number of nitrogens with zero attached hydrogens (tertiary/aromatic N) is 2. The maximum absolute atomic E-state index is 13.9. The minimum Gasteiger partial charge on any atom is -0.388 e. The lowest BCUT2D eigenvalue weighted by atomic mass is 9.67. The molecule has 2 bridgehead atoms. The Hall–Kier alpha value is -2.14. The second kappa shape index (κ2) is 6.69. The van der Waals surface area contributed by atoms with E-state index in [1.54, 1.807) is 10.0 Å². The highest BCUT2D eigenvalue weighted by Crippen LogP contribution is 2.70. The predicted octanol–water partition coefficient (Wildman–Crippen LogP) is 3.93. The number of rotatable bonds is 5. The minimum absolute atomic E-state index is 0.0122. The molecule has 1 aromatic rings. The predicted molar refractivity (Wildman–Crippen MR) is 113 cm³/mol. The van der Waals surface area contributed by atoms with E-state index >= 15 is 0 Å². The average Bonchev–Trinajstić information content (AvgIpc) is 3.19. The van der Waals surface area contributed by atoms with Crippen molar-refractivity contribution in [1.29, 1.82) is 0 Å². The van der Waals surface area contributed by atoms with Crippen LogP contribution in [0.4, 0.5) is 5.69 Å². The second-order valence-corrected chi connectivity index (χ2v) is 9.95. The zero-order valence-electron chi connectivity index (χ0n) is 17.9. The number of fused-ring (bicyclic) bond motifs is 1. The van der Waals surface area contributed by atoms with E-state index in [4.69, 9.17) is 0 Å². The molecule has 4 rings (SSSR count). The molecule has 1 aromatic carbocycles. The molecule has 1 saturated heterocycles. The van der Waals surface area contributed by atoms with Crippen LogP contribution in [-0.2, 0) is 9.59 Å². The average molecular weight is 397 g/mol. The third kappa shape index (κ3) is 2.63. The molecule has 0 unspecified atom stereocenters. The smallest absolute Gasteiger partial charge is 0.271 e. The molecule has 156 valence electrons. The van der Waals surface area contributed by atoms with Crippen molar-refractivity contribution < 1.29 is 14.7 Å². The number of amides is 2. The van der Waals surface area contributed by atoms with Gasteiger partial charge in [-0.2, -0.15) is 0 Å². The van der Waals surface area contributed by atoms with Gasteiger partial charge in [-0.1, -0.05) is 52.5 Å². The number of carbonyl (C=O) groups excluding carboxylic acids is 2. The topological polar surface area (TPSA) is 60.9 Å². The summed E-state index contributed by atoms with van der Waals surface area (Å²) < 4.78 is 0. The molecule has 3 aliphatic rings. The third-order valence-corrected chi connectivity index (χ3v) is 7.80. The summed E-state index contributed by atoms with van der Waals surface area (Å²) in [6.45, 7) is 12.3. The van der Waals surface area contributed by atoms with Crippen molar-refractivity contribution in [2.24, 2.45) is 22.7 Å². The largest absolute Gasteiger partial charge is 0.388 e. The number of benzene rings is 1. The number of aliphatic hydroxyl groups is 1. The first-order valence-electron chi connectivity index (χ1n) is 10.7. The number of hydrazine groups is 1. The van der Waals surface area contributed by atoms with Gasteiger partial charge in [0.05, 0.1) is 23.2 Å².